The summed E-state index contributed by atoms with van der Waals surface area (Å²) in [6.07, 6.45) is 12.6. The van der Waals surface area contributed by atoms with Crippen LogP contribution in [0, 0.1) is 0 Å². The Balaban J connectivity index is 3.39. The summed E-state index contributed by atoms with van der Waals surface area (Å²) in [5, 5.41) is 2.96. The van der Waals surface area contributed by atoms with Gasteiger partial charge in [-0.3, -0.25) is 4.79 Å². The molecule has 5 nitrogen and oxygen atoms in total. The van der Waals surface area contributed by atoms with Gasteiger partial charge in [0.1, 0.15) is 6.04 Å². The monoisotopic (exact) mass is 355 g/mol. The first kappa shape index (κ1) is 21.9. The molecule has 0 rings (SSSR count). The van der Waals surface area contributed by atoms with Gasteiger partial charge in [-0.05, 0) is 19.9 Å². The minimum absolute atomic E-state index is 0.627. The second-order valence-corrected chi connectivity index (χ2v) is 8.09. The Kier molecular flexibility index (Phi) is 13.3. The highest BCUT2D eigenvalue weighted by atomic mass is 35.7. The highest BCUT2D eigenvalue weighted by Crippen LogP contribution is 2.47. The lowest BCUT2D eigenvalue weighted by molar-refractivity contribution is -0.136. The van der Waals surface area contributed by atoms with E-state index < -0.39 is 19.0 Å². The van der Waals surface area contributed by atoms with E-state index in [9.17, 15) is 9.36 Å². The largest absolute Gasteiger partial charge is 0.476 e. The predicted molar refractivity (Wildman–Crippen MR) is 91.1 cm³/mol. The van der Waals surface area contributed by atoms with Gasteiger partial charge in [-0.2, -0.15) is 0 Å². The van der Waals surface area contributed by atoms with Crippen molar-refractivity contribution in [3.63, 3.8) is 0 Å². The van der Waals surface area contributed by atoms with Crippen LogP contribution in [0.5, 0.6) is 0 Å². The Morgan fingerprint density at radius 2 is 1.55 bits per heavy atom. The molecule has 132 valence electrons. The van der Waals surface area contributed by atoms with Gasteiger partial charge in [-0.15, -0.1) is 0 Å². The SMILES string of the molecule is CCCCCCCCCCCCN[C@H](C)C(=O)OP(=O)(O)Cl. The lowest BCUT2D eigenvalue weighted by Gasteiger charge is -2.13. The fourth-order valence-corrected chi connectivity index (χ4v) is 2.79. The summed E-state index contributed by atoms with van der Waals surface area (Å²) in [6.45, 7) is 0.242. The molecule has 0 saturated heterocycles. The van der Waals surface area contributed by atoms with E-state index >= 15 is 0 Å². The second-order valence-electron chi connectivity index (χ2n) is 5.72. The van der Waals surface area contributed by atoms with Crippen LogP contribution >= 0.6 is 18.2 Å². The highest BCUT2D eigenvalue weighted by Gasteiger charge is 2.24. The van der Waals surface area contributed by atoms with Gasteiger partial charge < -0.3 is 14.7 Å². The predicted octanol–water partition coefficient (Wildman–Crippen LogP) is 4.77. The summed E-state index contributed by atoms with van der Waals surface area (Å²) >= 11 is 4.98. The van der Waals surface area contributed by atoms with Gasteiger partial charge in [0, 0.05) is 11.2 Å². The van der Waals surface area contributed by atoms with Crippen molar-refractivity contribution in [3.8, 4) is 0 Å². The molecule has 0 aliphatic rings. The summed E-state index contributed by atoms with van der Waals surface area (Å²) in [7, 11) is 0. The molecule has 22 heavy (non-hydrogen) atoms. The minimum atomic E-state index is -4.26. The molecule has 0 aromatic rings. The highest BCUT2D eigenvalue weighted by molar-refractivity contribution is 7.80. The zero-order chi connectivity index (χ0) is 16.8. The van der Waals surface area contributed by atoms with Crippen LogP contribution in [0.15, 0.2) is 0 Å². The topological polar surface area (TPSA) is 75.6 Å². The number of hydrogen-bond donors (Lipinski definition) is 2. The smallest absolute Gasteiger partial charge is 0.379 e. The number of carbonyl (C=O) groups is 1. The van der Waals surface area contributed by atoms with E-state index in [0.29, 0.717) is 6.54 Å². The van der Waals surface area contributed by atoms with Gasteiger partial charge in [-0.1, -0.05) is 64.7 Å². The van der Waals surface area contributed by atoms with Gasteiger partial charge in [-0.25, -0.2) is 4.57 Å². The van der Waals surface area contributed by atoms with Gasteiger partial charge in [0.2, 0.25) is 0 Å². The number of carbonyl (C=O) groups excluding carboxylic acids is 1. The zero-order valence-electron chi connectivity index (χ0n) is 13.9. The molecule has 0 amide bonds. The van der Waals surface area contributed by atoms with E-state index in [0.717, 1.165) is 12.8 Å². The molecule has 7 heteroatoms. The van der Waals surface area contributed by atoms with Crippen LogP contribution in [-0.4, -0.2) is 23.4 Å². The first-order chi connectivity index (χ1) is 10.4. The molecule has 0 spiro atoms. The van der Waals surface area contributed by atoms with Crippen LogP contribution < -0.4 is 5.32 Å². The van der Waals surface area contributed by atoms with E-state index in [-0.39, 0.29) is 0 Å². The molecule has 2 atom stereocenters. The normalized spacial score (nSPS) is 15.3. The molecular formula is C15H31ClNO4P. The fraction of sp³-hybridized carbons (Fsp3) is 0.933. The van der Waals surface area contributed by atoms with E-state index in [1.165, 1.54) is 51.4 Å². The Labute approximate surface area is 139 Å². The van der Waals surface area contributed by atoms with Crippen molar-refractivity contribution in [2.75, 3.05) is 6.54 Å². The molecular weight excluding hydrogens is 325 g/mol. The third-order valence-corrected chi connectivity index (χ3v) is 4.15. The van der Waals surface area contributed by atoms with Gasteiger partial charge in [0.15, 0.2) is 0 Å². The van der Waals surface area contributed by atoms with Gasteiger partial charge in [0.25, 0.3) is 0 Å². The van der Waals surface area contributed by atoms with Crippen molar-refractivity contribution in [2.24, 2.45) is 0 Å². The van der Waals surface area contributed by atoms with Crippen molar-refractivity contribution >= 4 is 24.2 Å². The summed E-state index contributed by atoms with van der Waals surface area (Å²) in [5.74, 6) is -0.798. The maximum atomic E-state index is 11.4. The van der Waals surface area contributed by atoms with Crippen LogP contribution in [0.3, 0.4) is 0 Å². The molecule has 0 fully saturated rings. The van der Waals surface area contributed by atoms with Crippen LogP contribution in [0.2, 0.25) is 0 Å². The van der Waals surface area contributed by atoms with Gasteiger partial charge >= 0.3 is 12.9 Å². The van der Waals surface area contributed by atoms with Crippen LogP contribution in [-0.2, 0) is 13.9 Å². The van der Waals surface area contributed by atoms with E-state index in [1.54, 1.807) is 6.92 Å². The van der Waals surface area contributed by atoms with E-state index in [2.05, 4.69) is 16.8 Å². The third kappa shape index (κ3) is 14.8. The Morgan fingerprint density at radius 3 is 2.00 bits per heavy atom. The number of halogens is 1. The second kappa shape index (κ2) is 13.4. The molecule has 0 aliphatic carbocycles. The lowest BCUT2D eigenvalue weighted by atomic mass is 10.1. The summed E-state index contributed by atoms with van der Waals surface area (Å²) in [4.78, 5) is 20.1. The molecule has 0 aromatic heterocycles. The number of nitrogens with one attached hydrogen (secondary N) is 1. The first-order valence-electron chi connectivity index (χ1n) is 8.36. The number of rotatable bonds is 14. The molecule has 1 unspecified atom stereocenters. The minimum Gasteiger partial charge on any atom is -0.379 e. The van der Waals surface area contributed by atoms with Crippen molar-refractivity contribution in [1.29, 1.82) is 0 Å². The van der Waals surface area contributed by atoms with Crippen molar-refractivity contribution in [3.05, 3.63) is 0 Å². The summed E-state index contributed by atoms with van der Waals surface area (Å²) in [6, 6.07) is -0.627. The third-order valence-electron chi connectivity index (χ3n) is 3.54. The molecule has 0 radical (unpaired) electrons. The van der Waals surface area contributed by atoms with Crippen LogP contribution in [0.4, 0.5) is 0 Å². The zero-order valence-corrected chi connectivity index (χ0v) is 15.5. The van der Waals surface area contributed by atoms with E-state index in [4.69, 9.17) is 16.1 Å². The molecule has 2 N–H and O–H groups in total. The Morgan fingerprint density at radius 1 is 1.09 bits per heavy atom. The number of hydrogen-bond acceptors (Lipinski definition) is 4. The average molecular weight is 356 g/mol. The molecule has 0 bridgehead atoms. The maximum absolute atomic E-state index is 11.4. The average Bonchev–Trinajstić information content (AvgIpc) is 2.42. The van der Waals surface area contributed by atoms with Crippen molar-refractivity contribution < 1.29 is 18.8 Å². The van der Waals surface area contributed by atoms with Crippen molar-refractivity contribution in [1.82, 2.24) is 5.32 Å². The number of unbranched alkanes of at least 4 members (excludes halogenated alkanes) is 9. The summed E-state index contributed by atoms with van der Waals surface area (Å²) < 4.78 is 15.0. The molecule has 0 saturated carbocycles. The molecule has 0 aliphatic heterocycles. The fourth-order valence-electron chi connectivity index (χ4n) is 2.20. The molecule has 0 aromatic carbocycles. The van der Waals surface area contributed by atoms with Crippen molar-refractivity contribution in [2.45, 2.75) is 84.1 Å². The van der Waals surface area contributed by atoms with E-state index in [1.807, 2.05) is 0 Å². The maximum Gasteiger partial charge on any atom is 0.476 e. The van der Waals surface area contributed by atoms with Crippen LogP contribution in [0.25, 0.3) is 0 Å². The Hall–Kier alpha value is -0.0900. The van der Waals surface area contributed by atoms with Gasteiger partial charge in [0.05, 0.1) is 0 Å². The van der Waals surface area contributed by atoms with Crippen LogP contribution in [0.1, 0.15) is 78.1 Å². The lowest BCUT2D eigenvalue weighted by Crippen LogP contribution is -2.35. The summed E-state index contributed by atoms with van der Waals surface area (Å²) in [5.41, 5.74) is 0. The quantitative estimate of drug-likeness (QED) is 0.347. The standard InChI is InChI=1S/C15H31ClNO4P/c1-3-4-5-6-7-8-9-10-11-12-13-17-14(2)15(18)21-22(16,19)20/h14,17H,3-13H2,1-2H3,(H,19,20)/t14-/m1/s1. The molecule has 0 heterocycles. The first-order valence-corrected chi connectivity index (χ1v) is 10.8. The Bertz CT molecular complexity index is 336.